The predicted octanol–water partition coefficient (Wildman–Crippen LogP) is 2.68. The Balaban J connectivity index is 2.00. The summed E-state index contributed by atoms with van der Waals surface area (Å²) in [6, 6.07) is 5.49. The lowest BCUT2D eigenvalue weighted by Gasteiger charge is -2.19. The summed E-state index contributed by atoms with van der Waals surface area (Å²) in [6.45, 7) is 3.37. The molecular weight excluding hydrogens is 311 g/mol. The summed E-state index contributed by atoms with van der Waals surface area (Å²) in [5, 5.41) is 6.69. The molecule has 0 saturated heterocycles. The number of nitrogens with one attached hydrogen (secondary N) is 1. The number of halogens is 1. The molecule has 124 valence electrons. The van der Waals surface area contributed by atoms with Crippen molar-refractivity contribution in [2.75, 3.05) is 0 Å². The van der Waals surface area contributed by atoms with Crippen LogP contribution in [-0.4, -0.2) is 20.6 Å². The second-order valence-corrected chi connectivity index (χ2v) is 5.56. The number of nitrogens with zero attached hydrogens (tertiary/aromatic N) is 3. The number of amides is 1. The van der Waals surface area contributed by atoms with E-state index in [4.69, 9.17) is 4.52 Å². The zero-order chi connectivity index (χ0) is 17.3. The minimum absolute atomic E-state index is 0.344. The van der Waals surface area contributed by atoms with Crippen LogP contribution in [0.5, 0.6) is 0 Å². The SMILES string of the molecule is Cc1noc(C)c1C(=O)N[C@@H](c1cccc(F)c1)c1nccn1C. The number of carbonyl (C=O) groups excluding carboxylic acids is 1. The molecule has 0 aliphatic heterocycles. The highest BCUT2D eigenvalue weighted by Crippen LogP contribution is 2.23. The van der Waals surface area contributed by atoms with Crippen LogP contribution < -0.4 is 5.32 Å². The molecule has 0 saturated carbocycles. The van der Waals surface area contributed by atoms with Crippen molar-refractivity contribution in [2.45, 2.75) is 19.9 Å². The van der Waals surface area contributed by atoms with Gasteiger partial charge in [-0.2, -0.15) is 0 Å². The van der Waals surface area contributed by atoms with Crippen LogP contribution in [-0.2, 0) is 7.05 Å². The van der Waals surface area contributed by atoms with Crippen molar-refractivity contribution in [3.8, 4) is 0 Å². The zero-order valence-corrected chi connectivity index (χ0v) is 13.6. The molecule has 6 nitrogen and oxygen atoms in total. The maximum Gasteiger partial charge on any atom is 0.257 e. The highest BCUT2D eigenvalue weighted by atomic mass is 19.1. The van der Waals surface area contributed by atoms with Crippen LogP contribution in [0.4, 0.5) is 4.39 Å². The summed E-state index contributed by atoms with van der Waals surface area (Å²) in [5.41, 5.74) is 1.48. The van der Waals surface area contributed by atoms with Gasteiger partial charge in [0.2, 0.25) is 0 Å². The number of hydrogen-bond acceptors (Lipinski definition) is 4. The molecule has 0 aliphatic carbocycles. The number of hydrogen-bond donors (Lipinski definition) is 1. The van der Waals surface area contributed by atoms with Gasteiger partial charge < -0.3 is 14.4 Å². The van der Waals surface area contributed by atoms with Gasteiger partial charge in [-0.1, -0.05) is 17.3 Å². The van der Waals surface area contributed by atoms with Crippen LogP contribution in [0.1, 0.15) is 39.2 Å². The fourth-order valence-electron chi connectivity index (χ4n) is 2.65. The second-order valence-electron chi connectivity index (χ2n) is 5.56. The molecule has 7 heteroatoms. The topological polar surface area (TPSA) is 73.0 Å². The Hall–Kier alpha value is -2.96. The summed E-state index contributed by atoms with van der Waals surface area (Å²) >= 11 is 0. The van der Waals surface area contributed by atoms with Crippen molar-refractivity contribution in [3.05, 3.63) is 70.9 Å². The van der Waals surface area contributed by atoms with Gasteiger partial charge in [-0.05, 0) is 31.5 Å². The van der Waals surface area contributed by atoms with Gasteiger partial charge in [-0.3, -0.25) is 4.79 Å². The first kappa shape index (κ1) is 15.9. The van der Waals surface area contributed by atoms with Crippen LogP contribution in [0, 0.1) is 19.7 Å². The normalized spacial score (nSPS) is 12.2. The standard InChI is InChI=1S/C17H17FN4O2/c1-10-14(11(2)24-21-10)17(23)20-15(16-19-7-8-22(16)3)12-5-4-6-13(18)9-12/h4-9,15H,1-3H3,(H,20,23)/t15-/m0/s1. The molecule has 0 spiro atoms. The van der Waals surface area contributed by atoms with Gasteiger partial charge >= 0.3 is 0 Å². The van der Waals surface area contributed by atoms with Crippen LogP contribution in [0.3, 0.4) is 0 Å². The largest absolute Gasteiger partial charge is 0.361 e. The lowest BCUT2D eigenvalue weighted by Crippen LogP contribution is -2.31. The molecule has 1 atom stereocenters. The maximum absolute atomic E-state index is 13.6. The average molecular weight is 328 g/mol. The summed E-state index contributed by atoms with van der Waals surface area (Å²) in [4.78, 5) is 17.0. The van der Waals surface area contributed by atoms with Crippen LogP contribution in [0.2, 0.25) is 0 Å². The van der Waals surface area contributed by atoms with Crippen LogP contribution in [0.15, 0.2) is 41.2 Å². The van der Waals surface area contributed by atoms with E-state index in [-0.39, 0.29) is 11.7 Å². The molecule has 2 aromatic heterocycles. The van der Waals surface area contributed by atoms with E-state index in [1.165, 1.54) is 12.1 Å². The van der Waals surface area contributed by atoms with Gasteiger partial charge in [0.1, 0.15) is 29.0 Å². The highest BCUT2D eigenvalue weighted by molar-refractivity contribution is 5.96. The van der Waals surface area contributed by atoms with E-state index in [9.17, 15) is 9.18 Å². The minimum atomic E-state index is -0.595. The molecule has 1 aromatic carbocycles. The lowest BCUT2D eigenvalue weighted by atomic mass is 10.0. The number of imidazole rings is 1. The van der Waals surface area contributed by atoms with Crippen molar-refractivity contribution in [2.24, 2.45) is 7.05 Å². The third-order valence-corrected chi connectivity index (χ3v) is 3.83. The molecule has 0 aliphatic rings. The first-order chi connectivity index (χ1) is 11.5. The molecule has 3 aromatic rings. The summed E-state index contributed by atoms with van der Waals surface area (Å²) in [7, 11) is 1.82. The first-order valence-electron chi connectivity index (χ1n) is 7.43. The fourth-order valence-corrected chi connectivity index (χ4v) is 2.65. The Labute approximate surface area is 138 Å². The van der Waals surface area contributed by atoms with E-state index < -0.39 is 6.04 Å². The fraction of sp³-hybridized carbons (Fsp3) is 0.235. The first-order valence-corrected chi connectivity index (χ1v) is 7.43. The Kier molecular flexibility index (Phi) is 4.16. The quantitative estimate of drug-likeness (QED) is 0.799. The number of carbonyl (C=O) groups is 1. The van der Waals surface area contributed by atoms with Gasteiger partial charge in [0, 0.05) is 19.4 Å². The third-order valence-electron chi connectivity index (χ3n) is 3.83. The molecule has 0 bridgehead atoms. The van der Waals surface area contributed by atoms with Crippen LogP contribution in [0.25, 0.3) is 0 Å². The van der Waals surface area contributed by atoms with Crippen molar-refractivity contribution in [1.29, 1.82) is 0 Å². The highest BCUT2D eigenvalue weighted by Gasteiger charge is 2.25. The number of aromatic nitrogens is 3. The van der Waals surface area contributed by atoms with E-state index in [0.29, 0.717) is 28.4 Å². The smallest absolute Gasteiger partial charge is 0.257 e. The van der Waals surface area contributed by atoms with E-state index in [1.807, 2.05) is 7.05 Å². The number of benzene rings is 1. The molecule has 2 heterocycles. The van der Waals surface area contributed by atoms with Gasteiger partial charge in [0.05, 0.1) is 5.69 Å². The summed E-state index contributed by atoms with van der Waals surface area (Å²) in [6.07, 6.45) is 3.40. The number of aryl methyl sites for hydroxylation is 3. The average Bonchev–Trinajstić information content (AvgIpc) is 3.10. The minimum Gasteiger partial charge on any atom is -0.361 e. The van der Waals surface area contributed by atoms with E-state index in [0.717, 1.165) is 0 Å². The lowest BCUT2D eigenvalue weighted by molar-refractivity contribution is 0.0939. The Bertz CT molecular complexity index is 865. The second kappa shape index (κ2) is 6.27. The Morgan fingerprint density at radius 2 is 2.17 bits per heavy atom. The monoisotopic (exact) mass is 328 g/mol. The molecule has 0 radical (unpaired) electrons. The van der Waals surface area contributed by atoms with Crippen LogP contribution >= 0.6 is 0 Å². The Morgan fingerprint density at radius 1 is 1.38 bits per heavy atom. The molecule has 3 rings (SSSR count). The Morgan fingerprint density at radius 3 is 2.75 bits per heavy atom. The molecule has 0 unspecified atom stereocenters. The summed E-state index contributed by atoms with van der Waals surface area (Å²) < 4.78 is 20.5. The number of rotatable bonds is 4. The third kappa shape index (κ3) is 2.92. The molecule has 0 fully saturated rings. The molecular formula is C17H17FN4O2. The van der Waals surface area contributed by atoms with Gasteiger partial charge in [0.15, 0.2) is 0 Å². The van der Waals surface area contributed by atoms with Gasteiger partial charge in [0.25, 0.3) is 5.91 Å². The zero-order valence-electron chi connectivity index (χ0n) is 13.6. The van der Waals surface area contributed by atoms with Crippen molar-refractivity contribution in [1.82, 2.24) is 20.0 Å². The molecule has 1 amide bonds. The predicted molar refractivity (Wildman–Crippen MR) is 84.9 cm³/mol. The van der Waals surface area contributed by atoms with E-state index in [2.05, 4.69) is 15.5 Å². The van der Waals surface area contributed by atoms with Crippen molar-refractivity contribution >= 4 is 5.91 Å². The molecule has 1 N–H and O–H groups in total. The maximum atomic E-state index is 13.6. The summed E-state index contributed by atoms with van der Waals surface area (Å²) in [5.74, 6) is 0.311. The van der Waals surface area contributed by atoms with Crippen molar-refractivity contribution in [3.63, 3.8) is 0 Å². The van der Waals surface area contributed by atoms with E-state index >= 15 is 0 Å². The van der Waals surface area contributed by atoms with Gasteiger partial charge in [-0.25, -0.2) is 9.37 Å². The molecule has 24 heavy (non-hydrogen) atoms. The van der Waals surface area contributed by atoms with Gasteiger partial charge in [-0.15, -0.1) is 0 Å². The van der Waals surface area contributed by atoms with Crippen molar-refractivity contribution < 1.29 is 13.7 Å². The van der Waals surface area contributed by atoms with E-state index in [1.54, 1.807) is 42.9 Å².